The Morgan fingerprint density at radius 1 is 1.20 bits per heavy atom. The van der Waals surface area contributed by atoms with Crippen LogP contribution in [0.4, 0.5) is 18.9 Å². The molecule has 1 aliphatic rings. The highest BCUT2D eigenvalue weighted by Crippen LogP contribution is 2.38. The molecule has 2 nitrogen and oxygen atoms in total. The largest absolute Gasteiger partial charge is 0.416 e. The van der Waals surface area contributed by atoms with E-state index in [1.807, 2.05) is 29.2 Å². The molecular weight excluding hydrogens is 433 g/mol. The molecule has 1 heterocycles. The van der Waals surface area contributed by atoms with Crippen molar-refractivity contribution in [2.24, 2.45) is 0 Å². The Balaban J connectivity index is 1.75. The molecule has 8 heteroatoms. The first-order valence-corrected chi connectivity index (χ1v) is 9.71. The number of nitrogens with zero attached hydrogens (tertiary/aromatic N) is 1. The normalized spacial score (nSPS) is 17.6. The van der Waals surface area contributed by atoms with Crippen molar-refractivity contribution in [3.63, 3.8) is 0 Å². The van der Waals surface area contributed by atoms with Gasteiger partial charge in [0.2, 0.25) is 0 Å². The van der Waals surface area contributed by atoms with Crippen LogP contribution in [0.3, 0.4) is 0 Å². The summed E-state index contributed by atoms with van der Waals surface area (Å²) < 4.78 is 39.5. The maximum absolute atomic E-state index is 12.8. The molecule has 1 atom stereocenters. The van der Waals surface area contributed by atoms with Crippen molar-refractivity contribution in [1.82, 2.24) is 4.90 Å². The second-order valence-corrected chi connectivity index (χ2v) is 7.97. The van der Waals surface area contributed by atoms with E-state index in [9.17, 15) is 13.2 Å². The molecule has 0 radical (unpaired) electrons. The maximum Gasteiger partial charge on any atom is 0.416 e. The third-order valence-corrected chi connectivity index (χ3v) is 5.87. The Morgan fingerprint density at radius 3 is 2.60 bits per heavy atom. The molecular formula is C17H14BrF3N2S2. The van der Waals surface area contributed by atoms with Gasteiger partial charge < -0.3 is 10.2 Å². The van der Waals surface area contributed by atoms with Crippen LogP contribution in [0.25, 0.3) is 0 Å². The van der Waals surface area contributed by atoms with Crippen molar-refractivity contribution < 1.29 is 13.2 Å². The number of thiocarbonyl (C=S) groups is 1. The Hall–Kier alpha value is -1.25. The average molecular weight is 447 g/mol. The minimum absolute atomic E-state index is 0.0545. The summed E-state index contributed by atoms with van der Waals surface area (Å²) in [6, 6.07) is 13.1. The number of thioether (sulfide) groups is 1. The fraction of sp³-hybridized carbons (Fsp3) is 0.235. The predicted octanol–water partition coefficient (Wildman–Crippen LogP) is 5.91. The molecule has 1 fully saturated rings. The smallest absolute Gasteiger partial charge is 0.333 e. The molecule has 1 unspecified atom stereocenters. The zero-order valence-corrected chi connectivity index (χ0v) is 16.1. The van der Waals surface area contributed by atoms with Crippen LogP contribution in [0, 0.1) is 0 Å². The molecule has 2 aromatic carbocycles. The first-order chi connectivity index (χ1) is 11.8. The highest BCUT2D eigenvalue weighted by Gasteiger charge is 2.31. The van der Waals surface area contributed by atoms with Gasteiger partial charge in [-0.2, -0.15) is 13.2 Å². The standard InChI is InChI=1S/C17H14BrF3N2S2/c18-13-6-4-11(5-7-13)15-23(8-9-25-15)16(24)22-14-3-1-2-12(10-14)17(19,20)21/h1-7,10,15H,8-9H2,(H,22,24). The predicted molar refractivity (Wildman–Crippen MR) is 104 cm³/mol. The van der Waals surface area contributed by atoms with Crippen LogP contribution in [0.15, 0.2) is 53.0 Å². The summed E-state index contributed by atoms with van der Waals surface area (Å²) in [6.07, 6.45) is -4.37. The van der Waals surface area contributed by atoms with Gasteiger partial charge in [-0.15, -0.1) is 11.8 Å². The summed E-state index contributed by atoms with van der Waals surface area (Å²) in [5.41, 5.74) is 0.755. The first-order valence-electron chi connectivity index (χ1n) is 7.46. The zero-order chi connectivity index (χ0) is 18.0. The van der Waals surface area contributed by atoms with Gasteiger partial charge in [-0.05, 0) is 48.1 Å². The Labute approximate surface area is 161 Å². The maximum atomic E-state index is 12.8. The third kappa shape index (κ3) is 4.48. The van der Waals surface area contributed by atoms with Crippen molar-refractivity contribution >= 4 is 50.7 Å². The van der Waals surface area contributed by atoms with Crippen LogP contribution in [-0.4, -0.2) is 22.3 Å². The van der Waals surface area contributed by atoms with E-state index < -0.39 is 11.7 Å². The van der Waals surface area contributed by atoms with Gasteiger partial charge in [-0.25, -0.2) is 0 Å². The molecule has 0 amide bonds. The van der Waals surface area contributed by atoms with Crippen molar-refractivity contribution in [3.05, 3.63) is 64.1 Å². The van der Waals surface area contributed by atoms with Gasteiger partial charge in [0.25, 0.3) is 0 Å². The van der Waals surface area contributed by atoms with Crippen molar-refractivity contribution in [1.29, 1.82) is 0 Å². The fourth-order valence-corrected chi connectivity index (χ4v) is 4.46. The zero-order valence-electron chi connectivity index (χ0n) is 12.9. The first kappa shape index (κ1) is 18.5. The Morgan fingerprint density at radius 2 is 1.92 bits per heavy atom. The van der Waals surface area contributed by atoms with Crippen LogP contribution in [0.5, 0.6) is 0 Å². The van der Waals surface area contributed by atoms with E-state index in [4.69, 9.17) is 12.2 Å². The Kier molecular flexibility index (Phi) is 5.60. The van der Waals surface area contributed by atoms with Crippen LogP contribution >= 0.6 is 39.9 Å². The summed E-state index contributed by atoms with van der Waals surface area (Å²) in [6.45, 7) is 0.746. The minimum Gasteiger partial charge on any atom is -0.333 e. The summed E-state index contributed by atoms with van der Waals surface area (Å²) in [5, 5.41) is 3.42. The van der Waals surface area contributed by atoms with E-state index in [0.717, 1.165) is 34.5 Å². The molecule has 25 heavy (non-hydrogen) atoms. The van der Waals surface area contributed by atoms with E-state index in [2.05, 4.69) is 21.2 Å². The molecule has 0 aliphatic carbocycles. The molecule has 2 aromatic rings. The lowest BCUT2D eigenvalue weighted by atomic mass is 10.2. The van der Waals surface area contributed by atoms with Gasteiger partial charge in [0.1, 0.15) is 5.37 Å². The highest BCUT2D eigenvalue weighted by molar-refractivity contribution is 9.10. The second-order valence-electron chi connectivity index (χ2n) is 5.48. The number of benzene rings is 2. The summed E-state index contributed by atoms with van der Waals surface area (Å²) in [4.78, 5) is 2.00. The molecule has 0 saturated carbocycles. The van der Waals surface area contributed by atoms with E-state index in [1.165, 1.54) is 6.07 Å². The Bertz CT molecular complexity index is 765. The van der Waals surface area contributed by atoms with Crippen LogP contribution in [-0.2, 0) is 6.18 Å². The topological polar surface area (TPSA) is 15.3 Å². The van der Waals surface area contributed by atoms with Crippen molar-refractivity contribution in [3.8, 4) is 0 Å². The lowest BCUT2D eigenvalue weighted by molar-refractivity contribution is -0.137. The number of halogens is 4. The van der Waals surface area contributed by atoms with Gasteiger partial charge in [0, 0.05) is 22.5 Å². The SMILES string of the molecule is FC(F)(F)c1cccc(NC(=S)N2CCSC2c2ccc(Br)cc2)c1. The van der Waals surface area contributed by atoms with E-state index in [-0.39, 0.29) is 5.37 Å². The van der Waals surface area contributed by atoms with Gasteiger partial charge in [0.15, 0.2) is 5.11 Å². The van der Waals surface area contributed by atoms with Crippen LogP contribution < -0.4 is 5.32 Å². The molecule has 1 N–H and O–H groups in total. The van der Waals surface area contributed by atoms with E-state index in [1.54, 1.807) is 17.8 Å². The molecule has 1 aliphatic heterocycles. The number of rotatable bonds is 2. The van der Waals surface area contributed by atoms with Crippen LogP contribution in [0.1, 0.15) is 16.5 Å². The molecule has 1 saturated heterocycles. The van der Waals surface area contributed by atoms with Gasteiger partial charge in [-0.3, -0.25) is 0 Å². The summed E-state index contributed by atoms with van der Waals surface area (Å²) in [7, 11) is 0. The number of nitrogens with one attached hydrogen (secondary N) is 1. The van der Waals surface area contributed by atoms with Gasteiger partial charge in [-0.1, -0.05) is 34.1 Å². The summed E-state index contributed by atoms with van der Waals surface area (Å²) in [5.74, 6) is 0.908. The highest BCUT2D eigenvalue weighted by atomic mass is 79.9. The lowest BCUT2D eigenvalue weighted by Crippen LogP contribution is -2.34. The number of alkyl halides is 3. The van der Waals surface area contributed by atoms with E-state index in [0.29, 0.717) is 10.8 Å². The second kappa shape index (κ2) is 7.55. The average Bonchev–Trinajstić information content (AvgIpc) is 3.05. The van der Waals surface area contributed by atoms with Gasteiger partial charge >= 0.3 is 6.18 Å². The number of hydrogen-bond donors (Lipinski definition) is 1. The van der Waals surface area contributed by atoms with E-state index >= 15 is 0 Å². The molecule has 0 spiro atoms. The van der Waals surface area contributed by atoms with Crippen molar-refractivity contribution in [2.45, 2.75) is 11.6 Å². The lowest BCUT2D eigenvalue weighted by Gasteiger charge is -2.27. The summed E-state index contributed by atoms with van der Waals surface area (Å²) >= 11 is 10.6. The van der Waals surface area contributed by atoms with Gasteiger partial charge in [0.05, 0.1) is 5.56 Å². The molecule has 3 rings (SSSR count). The monoisotopic (exact) mass is 446 g/mol. The third-order valence-electron chi connectivity index (χ3n) is 3.75. The quantitative estimate of drug-likeness (QED) is 0.576. The molecule has 0 bridgehead atoms. The fourth-order valence-electron chi connectivity index (χ4n) is 2.55. The van der Waals surface area contributed by atoms with Crippen molar-refractivity contribution in [2.75, 3.05) is 17.6 Å². The number of anilines is 1. The number of hydrogen-bond acceptors (Lipinski definition) is 2. The molecule has 0 aromatic heterocycles. The van der Waals surface area contributed by atoms with Crippen LogP contribution in [0.2, 0.25) is 0 Å². The molecule has 132 valence electrons. The minimum atomic E-state index is -4.37.